The minimum atomic E-state index is -0.360. The zero-order valence-corrected chi connectivity index (χ0v) is 19.7. The third-order valence-electron chi connectivity index (χ3n) is 8.53. The number of aryl methyl sites for hydroxylation is 2. The van der Waals surface area contributed by atoms with Crippen LogP contribution in [0.4, 0.5) is 4.39 Å². The van der Waals surface area contributed by atoms with Crippen LogP contribution in [0.1, 0.15) is 89.0 Å². The molecule has 31 heavy (non-hydrogen) atoms. The molecular formula is C29H35FN+. The van der Waals surface area contributed by atoms with E-state index in [1.165, 1.54) is 51.6 Å². The number of aromatic nitrogens is 1. The molecule has 0 saturated carbocycles. The van der Waals surface area contributed by atoms with Crippen molar-refractivity contribution in [2.45, 2.75) is 90.5 Å². The fourth-order valence-electron chi connectivity index (χ4n) is 6.52. The van der Waals surface area contributed by atoms with Gasteiger partial charge in [0, 0.05) is 28.9 Å². The maximum Gasteiger partial charge on any atom is 0.221 e. The molecular weight excluding hydrogens is 381 g/mol. The molecule has 0 saturated heterocycles. The highest BCUT2D eigenvalue weighted by molar-refractivity contribution is 6.02. The highest BCUT2D eigenvalue weighted by Gasteiger charge is 2.46. The summed E-state index contributed by atoms with van der Waals surface area (Å²) in [6.07, 6.45) is 9.05. The van der Waals surface area contributed by atoms with Crippen molar-refractivity contribution in [1.29, 1.82) is 0 Å². The average molecular weight is 417 g/mol. The Morgan fingerprint density at radius 3 is 2.42 bits per heavy atom. The molecule has 5 rings (SSSR count). The third-order valence-corrected chi connectivity index (χ3v) is 8.53. The lowest BCUT2D eigenvalue weighted by atomic mass is 9.64. The third kappa shape index (κ3) is 2.69. The van der Waals surface area contributed by atoms with Gasteiger partial charge in [-0.05, 0) is 53.8 Å². The van der Waals surface area contributed by atoms with Crippen LogP contribution in [0.2, 0.25) is 0 Å². The Hall–Kier alpha value is -2.22. The molecule has 0 atom stereocenters. The van der Waals surface area contributed by atoms with E-state index in [9.17, 15) is 0 Å². The molecule has 1 aromatic heterocycles. The van der Waals surface area contributed by atoms with Gasteiger partial charge in [0.25, 0.3) is 0 Å². The van der Waals surface area contributed by atoms with E-state index in [1.54, 1.807) is 6.07 Å². The Morgan fingerprint density at radius 2 is 1.71 bits per heavy atom. The molecule has 2 aromatic carbocycles. The predicted molar refractivity (Wildman–Crippen MR) is 127 cm³/mol. The zero-order valence-electron chi connectivity index (χ0n) is 19.7. The van der Waals surface area contributed by atoms with Gasteiger partial charge >= 0.3 is 0 Å². The van der Waals surface area contributed by atoms with Gasteiger partial charge in [-0.15, -0.1) is 0 Å². The molecule has 1 nitrogen and oxygen atoms in total. The van der Waals surface area contributed by atoms with Crippen molar-refractivity contribution in [3.63, 3.8) is 0 Å². The summed E-state index contributed by atoms with van der Waals surface area (Å²) in [5.74, 6) is -0.0592. The first kappa shape index (κ1) is 20.7. The van der Waals surface area contributed by atoms with Crippen LogP contribution in [0.25, 0.3) is 22.0 Å². The molecule has 2 heteroatoms. The molecule has 0 bridgehead atoms. The summed E-state index contributed by atoms with van der Waals surface area (Å²) in [7, 11) is 0. The minimum Gasteiger partial charge on any atom is -0.207 e. The summed E-state index contributed by atoms with van der Waals surface area (Å²) < 4.78 is 18.0. The Labute approximate surface area is 186 Å². The fourth-order valence-corrected chi connectivity index (χ4v) is 6.52. The summed E-state index contributed by atoms with van der Waals surface area (Å²) in [4.78, 5) is 0. The zero-order chi connectivity index (χ0) is 22.0. The van der Waals surface area contributed by atoms with Gasteiger partial charge in [0.15, 0.2) is 6.20 Å². The quantitative estimate of drug-likeness (QED) is 0.382. The van der Waals surface area contributed by atoms with E-state index in [2.05, 4.69) is 69.6 Å². The highest BCUT2D eigenvalue weighted by atomic mass is 19.1. The molecule has 0 spiro atoms. The van der Waals surface area contributed by atoms with E-state index in [1.807, 2.05) is 0 Å². The summed E-state index contributed by atoms with van der Waals surface area (Å²) in [5, 5.41) is 2.73. The first-order valence-corrected chi connectivity index (χ1v) is 12.2. The first-order valence-electron chi connectivity index (χ1n) is 12.2. The number of benzene rings is 2. The van der Waals surface area contributed by atoms with Gasteiger partial charge in [-0.25, -0.2) is 4.39 Å². The lowest BCUT2D eigenvalue weighted by Crippen LogP contribution is -2.39. The second-order valence-corrected chi connectivity index (χ2v) is 10.2. The van der Waals surface area contributed by atoms with Gasteiger partial charge in [0.2, 0.25) is 5.69 Å². The van der Waals surface area contributed by atoms with Gasteiger partial charge < -0.3 is 0 Å². The van der Waals surface area contributed by atoms with Crippen LogP contribution in [0.15, 0.2) is 36.5 Å². The Morgan fingerprint density at radius 1 is 0.968 bits per heavy atom. The summed E-state index contributed by atoms with van der Waals surface area (Å²) in [5.41, 5.74) is 7.16. The maximum absolute atomic E-state index is 15.6. The molecule has 2 aliphatic rings. The van der Waals surface area contributed by atoms with Crippen LogP contribution in [-0.2, 0) is 23.8 Å². The SMILES string of the molecule is CCCCc1ccc2c3c4[n+](ccc13)CCC(CC)(CC)c1ccc(F)c(c1-4)C2(C)C. The standard InChI is InChI=1S/C29H35FN/c1-6-9-10-19-11-12-21-24-20(19)15-17-31-18-16-29(7-2,8-3)22-13-14-23(30)26(28(21,4)5)25(22)27(24)31/h11-15,17H,6-10,16,18H2,1-5H3/q+1. The van der Waals surface area contributed by atoms with Gasteiger partial charge in [0.05, 0.1) is 10.9 Å². The van der Waals surface area contributed by atoms with E-state index in [4.69, 9.17) is 0 Å². The second-order valence-electron chi connectivity index (χ2n) is 10.2. The molecule has 0 N–H and O–H groups in total. The number of nitrogens with zero attached hydrogens (tertiary/aromatic N) is 1. The number of unbranched alkanes of at least 4 members (excludes halogenated alkanes) is 1. The van der Waals surface area contributed by atoms with Crippen LogP contribution >= 0.6 is 0 Å². The van der Waals surface area contributed by atoms with Crippen LogP contribution < -0.4 is 4.57 Å². The first-order chi connectivity index (χ1) is 14.9. The van der Waals surface area contributed by atoms with Crippen LogP contribution in [0.3, 0.4) is 0 Å². The van der Waals surface area contributed by atoms with Crippen LogP contribution in [0, 0.1) is 5.82 Å². The molecule has 0 radical (unpaired) electrons. The minimum absolute atomic E-state index is 0.0592. The van der Waals surface area contributed by atoms with E-state index in [-0.39, 0.29) is 16.6 Å². The number of rotatable bonds is 5. The molecule has 2 heterocycles. The average Bonchev–Trinajstić information content (AvgIpc) is 2.91. The van der Waals surface area contributed by atoms with E-state index >= 15 is 4.39 Å². The van der Waals surface area contributed by atoms with Crippen LogP contribution in [0.5, 0.6) is 0 Å². The van der Waals surface area contributed by atoms with Gasteiger partial charge in [-0.1, -0.05) is 59.2 Å². The van der Waals surface area contributed by atoms with Gasteiger partial charge in [0.1, 0.15) is 12.4 Å². The predicted octanol–water partition coefficient (Wildman–Crippen LogP) is 7.38. The number of hydrogen-bond acceptors (Lipinski definition) is 0. The molecule has 1 aliphatic carbocycles. The number of halogens is 1. The molecule has 3 aromatic rings. The van der Waals surface area contributed by atoms with E-state index in [0.717, 1.165) is 37.8 Å². The lowest BCUT2D eigenvalue weighted by molar-refractivity contribution is -0.685. The van der Waals surface area contributed by atoms with E-state index in [0.29, 0.717) is 0 Å². The van der Waals surface area contributed by atoms with Gasteiger partial charge in [-0.3, -0.25) is 0 Å². The molecule has 0 fully saturated rings. The van der Waals surface area contributed by atoms with Crippen molar-refractivity contribution in [2.75, 3.05) is 0 Å². The topological polar surface area (TPSA) is 3.88 Å². The Balaban J connectivity index is 1.97. The Bertz CT molecular complexity index is 1180. The molecule has 162 valence electrons. The maximum atomic E-state index is 15.6. The summed E-state index contributed by atoms with van der Waals surface area (Å²) >= 11 is 0. The van der Waals surface area contributed by atoms with Crippen molar-refractivity contribution in [2.24, 2.45) is 0 Å². The van der Waals surface area contributed by atoms with Crippen molar-refractivity contribution >= 4 is 10.8 Å². The van der Waals surface area contributed by atoms with Crippen molar-refractivity contribution in [3.8, 4) is 11.3 Å². The smallest absolute Gasteiger partial charge is 0.207 e. The second kappa shape index (κ2) is 7.15. The molecule has 1 aliphatic heterocycles. The largest absolute Gasteiger partial charge is 0.221 e. The summed E-state index contributed by atoms with van der Waals surface area (Å²) in [6.45, 7) is 12.3. The number of pyridine rings is 1. The Kier molecular flexibility index (Phi) is 4.77. The highest BCUT2D eigenvalue weighted by Crippen LogP contribution is 2.54. The van der Waals surface area contributed by atoms with Crippen molar-refractivity contribution in [3.05, 3.63) is 64.6 Å². The molecule has 0 unspecified atom stereocenters. The fraction of sp³-hybridized carbons (Fsp3) is 0.483. The van der Waals surface area contributed by atoms with Crippen molar-refractivity contribution < 1.29 is 8.96 Å². The number of hydrogen-bond donors (Lipinski definition) is 0. The normalized spacial score (nSPS) is 17.6. The summed E-state index contributed by atoms with van der Waals surface area (Å²) in [6, 6.07) is 10.8. The van der Waals surface area contributed by atoms with Crippen LogP contribution in [-0.4, -0.2) is 0 Å². The van der Waals surface area contributed by atoms with Crippen molar-refractivity contribution in [1.82, 2.24) is 0 Å². The lowest BCUT2D eigenvalue weighted by Gasteiger charge is -2.37. The van der Waals surface area contributed by atoms with Gasteiger partial charge in [-0.2, -0.15) is 4.57 Å². The van der Waals surface area contributed by atoms with E-state index < -0.39 is 0 Å². The monoisotopic (exact) mass is 416 g/mol. The molecule has 0 amide bonds.